The number of aryl methyl sites for hydroxylation is 1. The molecule has 1 saturated heterocycles. The maximum atomic E-state index is 13.0. The van der Waals surface area contributed by atoms with Crippen LogP contribution in [0.25, 0.3) is 10.2 Å². The summed E-state index contributed by atoms with van der Waals surface area (Å²) in [6, 6.07) is 6.11. The summed E-state index contributed by atoms with van der Waals surface area (Å²) in [4.78, 5) is 27.5. The standard InChI is InChI=1S/C18H18N4O2S/c1-12-4-5-14-16(9-12)25-18(21-14)22(11-13-3-2-8-24-13)17(23)15-10-19-6-7-20-15/h4-7,9-10,13H,2-3,8,11H2,1H3. The Labute approximate surface area is 149 Å². The average molecular weight is 354 g/mol. The number of hydrogen-bond acceptors (Lipinski definition) is 6. The fourth-order valence-corrected chi connectivity index (χ4v) is 3.99. The van der Waals surface area contributed by atoms with Gasteiger partial charge in [-0.05, 0) is 37.5 Å². The number of anilines is 1. The Morgan fingerprint density at radius 3 is 3.08 bits per heavy atom. The minimum Gasteiger partial charge on any atom is -0.376 e. The van der Waals surface area contributed by atoms with Crippen LogP contribution in [0.5, 0.6) is 0 Å². The van der Waals surface area contributed by atoms with Crippen molar-refractivity contribution in [3.63, 3.8) is 0 Å². The van der Waals surface area contributed by atoms with Gasteiger partial charge in [0.2, 0.25) is 0 Å². The van der Waals surface area contributed by atoms with Gasteiger partial charge in [0.1, 0.15) is 5.69 Å². The molecule has 1 atom stereocenters. The molecule has 1 fully saturated rings. The average Bonchev–Trinajstić information content (AvgIpc) is 3.28. The maximum Gasteiger partial charge on any atom is 0.280 e. The predicted octanol–water partition coefficient (Wildman–Crippen LogP) is 3.22. The topological polar surface area (TPSA) is 68.2 Å². The number of rotatable bonds is 4. The van der Waals surface area contributed by atoms with Gasteiger partial charge in [0.05, 0.1) is 29.1 Å². The molecule has 0 saturated carbocycles. The molecule has 0 bridgehead atoms. The molecule has 1 unspecified atom stereocenters. The van der Waals surface area contributed by atoms with Crippen LogP contribution in [-0.4, -0.2) is 40.1 Å². The van der Waals surface area contributed by atoms with Gasteiger partial charge in [-0.2, -0.15) is 0 Å². The fourth-order valence-electron chi connectivity index (χ4n) is 2.92. The molecule has 1 aliphatic heterocycles. The van der Waals surface area contributed by atoms with Gasteiger partial charge in [0, 0.05) is 19.0 Å². The van der Waals surface area contributed by atoms with Crippen molar-refractivity contribution in [3.8, 4) is 0 Å². The molecule has 1 aliphatic rings. The van der Waals surface area contributed by atoms with Gasteiger partial charge < -0.3 is 4.74 Å². The number of amides is 1. The Balaban J connectivity index is 1.71. The smallest absolute Gasteiger partial charge is 0.280 e. The molecule has 1 aromatic carbocycles. The summed E-state index contributed by atoms with van der Waals surface area (Å²) in [5, 5.41) is 0.673. The molecule has 0 N–H and O–H groups in total. The van der Waals surface area contributed by atoms with E-state index in [-0.39, 0.29) is 12.0 Å². The number of thiazole rings is 1. The minimum absolute atomic E-state index is 0.0365. The number of fused-ring (bicyclic) bond motifs is 1. The van der Waals surface area contributed by atoms with Gasteiger partial charge in [0.15, 0.2) is 5.13 Å². The monoisotopic (exact) mass is 354 g/mol. The minimum atomic E-state index is -0.195. The molecule has 0 spiro atoms. The van der Waals surface area contributed by atoms with E-state index >= 15 is 0 Å². The number of ether oxygens (including phenoxy) is 1. The number of nitrogens with zero attached hydrogens (tertiary/aromatic N) is 4. The van der Waals surface area contributed by atoms with E-state index in [4.69, 9.17) is 4.74 Å². The lowest BCUT2D eigenvalue weighted by molar-refractivity contribution is 0.0913. The molecule has 3 aromatic rings. The number of carbonyl (C=O) groups is 1. The molecule has 128 valence electrons. The Kier molecular flexibility index (Phi) is 4.42. The number of carbonyl (C=O) groups excluding carboxylic acids is 1. The number of benzene rings is 1. The Bertz CT molecular complexity index is 890. The summed E-state index contributed by atoms with van der Waals surface area (Å²) in [6.07, 6.45) is 6.59. The van der Waals surface area contributed by atoms with Gasteiger partial charge in [-0.3, -0.25) is 14.7 Å². The third kappa shape index (κ3) is 3.38. The number of aromatic nitrogens is 3. The molecule has 0 radical (unpaired) electrons. The van der Waals surface area contributed by atoms with Gasteiger partial charge in [-0.15, -0.1) is 0 Å². The van der Waals surface area contributed by atoms with E-state index in [1.165, 1.54) is 29.3 Å². The lowest BCUT2D eigenvalue weighted by Crippen LogP contribution is -2.38. The van der Waals surface area contributed by atoms with Crippen molar-refractivity contribution in [2.75, 3.05) is 18.1 Å². The van der Waals surface area contributed by atoms with Crippen LogP contribution in [0, 0.1) is 6.92 Å². The summed E-state index contributed by atoms with van der Waals surface area (Å²) in [5.74, 6) is -0.195. The van der Waals surface area contributed by atoms with Crippen LogP contribution >= 0.6 is 11.3 Å². The van der Waals surface area contributed by atoms with Crippen LogP contribution in [0.1, 0.15) is 28.9 Å². The summed E-state index contributed by atoms with van der Waals surface area (Å²) >= 11 is 1.52. The lowest BCUT2D eigenvalue weighted by atomic mass is 10.2. The quantitative estimate of drug-likeness (QED) is 0.719. The molecule has 3 heterocycles. The molecule has 6 nitrogen and oxygen atoms in total. The van der Waals surface area contributed by atoms with Crippen molar-refractivity contribution in [2.45, 2.75) is 25.9 Å². The fraction of sp³-hybridized carbons (Fsp3) is 0.333. The third-order valence-corrected chi connectivity index (χ3v) is 5.24. The van der Waals surface area contributed by atoms with E-state index in [1.54, 1.807) is 11.1 Å². The second-order valence-electron chi connectivity index (χ2n) is 6.11. The van der Waals surface area contributed by atoms with Crippen LogP contribution in [0.2, 0.25) is 0 Å². The van der Waals surface area contributed by atoms with Crippen molar-refractivity contribution in [3.05, 3.63) is 48.0 Å². The van der Waals surface area contributed by atoms with Crippen LogP contribution in [0.15, 0.2) is 36.8 Å². The van der Waals surface area contributed by atoms with E-state index in [0.717, 1.165) is 29.7 Å². The second-order valence-corrected chi connectivity index (χ2v) is 7.12. The summed E-state index contributed by atoms with van der Waals surface area (Å²) in [5.41, 5.74) is 2.39. The first-order valence-electron chi connectivity index (χ1n) is 8.27. The zero-order valence-corrected chi connectivity index (χ0v) is 14.7. The van der Waals surface area contributed by atoms with Crippen molar-refractivity contribution in [1.29, 1.82) is 0 Å². The maximum absolute atomic E-state index is 13.0. The van der Waals surface area contributed by atoms with Gasteiger partial charge in [-0.25, -0.2) is 9.97 Å². The van der Waals surface area contributed by atoms with Crippen LogP contribution in [0.4, 0.5) is 5.13 Å². The second kappa shape index (κ2) is 6.85. The molecular formula is C18H18N4O2S. The molecule has 4 rings (SSSR count). The Morgan fingerprint density at radius 2 is 2.32 bits per heavy atom. The summed E-state index contributed by atoms with van der Waals surface area (Å²) in [6.45, 7) is 3.28. The Hall–Kier alpha value is -2.38. The first-order chi connectivity index (χ1) is 12.2. The van der Waals surface area contributed by atoms with E-state index in [1.807, 2.05) is 19.1 Å². The van der Waals surface area contributed by atoms with E-state index in [9.17, 15) is 4.79 Å². The SMILES string of the molecule is Cc1ccc2nc(N(CC3CCCO3)C(=O)c3cnccn3)sc2c1. The molecule has 0 aliphatic carbocycles. The highest BCUT2D eigenvalue weighted by Crippen LogP contribution is 2.31. The first-order valence-corrected chi connectivity index (χ1v) is 9.09. The van der Waals surface area contributed by atoms with Crippen LogP contribution in [-0.2, 0) is 4.74 Å². The molecule has 25 heavy (non-hydrogen) atoms. The zero-order chi connectivity index (χ0) is 17.2. The summed E-state index contributed by atoms with van der Waals surface area (Å²) in [7, 11) is 0. The van der Waals surface area contributed by atoms with Gasteiger partial charge in [-0.1, -0.05) is 17.4 Å². The largest absolute Gasteiger partial charge is 0.376 e. The highest BCUT2D eigenvalue weighted by Gasteiger charge is 2.27. The molecule has 7 heteroatoms. The van der Waals surface area contributed by atoms with Gasteiger partial charge >= 0.3 is 0 Å². The Morgan fingerprint density at radius 1 is 1.40 bits per heavy atom. The van der Waals surface area contributed by atoms with Crippen molar-refractivity contribution >= 4 is 32.6 Å². The molecule has 2 aromatic heterocycles. The molecular weight excluding hydrogens is 336 g/mol. The van der Waals surface area contributed by atoms with E-state index < -0.39 is 0 Å². The highest BCUT2D eigenvalue weighted by molar-refractivity contribution is 7.22. The zero-order valence-electron chi connectivity index (χ0n) is 13.9. The number of hydrogen-bond donors (Lipinski definition) is 0. The molecule has 1 amide bonds. The van der Waals surface area contributed by atoms with Crippen LogP contribution < -0.4 is 4.90 Å². The van der Waals surface area contributed by atoms with E-state index in [0.29, 0.717) is 17.4 Å². The highest BCUT2D eigenvalue weighted by atomic mass is 32.1. The van der Waals surface area contributed by atoms with Crippen molar-refractivity contribution in [1.82, 2.24) is 15.0 Å². The van der Waals surface area contributed by atoms with Crippen LogP contribution in [0.3, 0.4) is 0 Å². The normalized spacial score (nSPS) is 17.1. The van der Waals surface area contributed by atoms with E-state index in [2.05, 4.69) is 21.0 Å². The summed E-state index contributed by atoms with van der Waals surface area (Å²) < 4.78 is 6.80. The van der Waals surface area contributed by atoms with Crippen molar-refractivity contribution in [2.24, 2.45) is 0 Å². The first kappa shape index (κ1) is 16.1. The lowest BCUT2D eigenvalue weighted by Gasteiger charge is -2.22. The van der Waals surface area contributed by atoms with Gasteiger partial charge in [0.25, 0.3) is 5.91 Å². The predicted molar refractivity (Wildman–Crippen MR) is 97.0 cm³/mol. The van der Waals surface area contributed by atoms with Crippen molar-refractivity contribution < 1.29 is 9.53 Å². The third-order valence-electron chi connectivity index (χ3n) is 4.20.